The van der Waals surface area contributed by atoms with Crippen LogP contribution in [0.2, 0.25) is 0 Å². The van der Waals surface area contributed by atoms with Crippen LogP contribution in [-0.2, 0) is 52.7 Å². The number of nitrogens with two attached hydrogens (primary N) is 1. The highest BCUT2D eigenvalue weighted by atomic mass is 16.4. The van der Waals surface area contributed by atoms with Crippen molar-refractivity contribution in [1.29, 1.82) is 0 Å². The Balaban J connectivity index is 6.22. The summed E-state index contributed by atoms with van der Waals surface area (Å²) >= 11 is 0. The zero-order valence-electron chi connectivity index (χ0n) is 36.4. The van der Waals surface area contributed by atoms with E-state index in [1.165, 1.54) is 27.7 Å². The summed E-state index contributed by atoms with van der Waals surface area (Å²) in [6.45, 7) is 7.23. The Hall–Kier alpha value is -6.03. The smallest absolute Gasteiger partial charge is 0.328 e. The Morgan fingerprint density at radius 2 is 0.844 bits per heavy atom. The number of nitrogens with one attached hydrogen (secondary N) is 8. The maximum Gasteiger partial charge on any atom is 0.328 e. The van der Waals surface area contributed by atoms with Crippen LogP contribution in [0.1, 0.15) is 74.1 Å². The van der Waals surface area contributed by atoms with Gasteiger partial charge in [0.25, 0.3) is 0 Å². The number of hydrogen-bond donors (Lipinski definition) is 16. The third kappa shape index (κ3) is 19.6. The first-order valence-corrected chi connectivity index (χ1v) is 20.1. The molecule has 12 unspecified atom stereocenters. The molecule has 27 nitrogen and oxygen atoms in total. The Morgan fingerprint density at radius 3 is 1.25 bits per heavy atom. The number of carbonyl (C=O) groups excluding carboxylic acids is 8. The third-order valence-corrected chi connectivity index (χ3v) is 9.49. The summed E-state index contributed by atoms with van der Waals surface area (Å²) in [7, 11) is 0. The first-order chi connectivity index (χ1) is 29.6. The van der Waals surface area contributed by atoms with Gasteiger partial charge in [-0.3, -0.25) is 47.9 Å². The van der Waals surface area contributed by atoms with Crippen LogP contribution < -0.4 is 48.3 Å². The molecule has 0 heterocycles. The predicted molar refractivity (Wildman–Crippen MR) is 218 cm³/mol. The second-order valence-electron chi connectivity index (χ2n) is 15.3. The van der Waals surface area contributed by atoms with Crippen LogP contribution in [0, 0.1) is 11.8 Å². The van der Waals surface area contributed by atoms with Gasteiger partial charge < -0.3 is 84.0 Å². The maximum atomic E-state index is 13.4. The van der Waals surface area contributed by atoms with Crippen LogP contribution in [0.25, 0.3) is 0 Å². The highest BCUT2D eigenvalue weighted by Gasteiger charge is 2.37. The molecule has 17 N–H and O–H groups in total. The number of carbonyl (C=O) groups is 11. The van der Waals surface area contributed by atoms with Crippen LogP contribution in [0.4, 0.5) is 0 Å². The number of amides is 8. The van der Waals surface area contributed by atoms with Crippen LogP contribution in [0.15, 0.2) is 0 Å². The molecule has 0 aliphatic carbocycles. The Bertz CT molecular complexity index is 1680. The molecule has 12 atom stereocenters. The van der Waals surface area contributed by atoms with Gasteiger partial charge in [0.2, 0.25) is 47.3 Å². The van der Waals surface area contributed by atoms with Crippen molar-refractivity contribution in [1.82, 2.24) is 42.5 Å². The van der Waals surface area contributed by atoms with Crippen LogP contribution >= 0.6 is 0 Å². The average molecular weight is 922 g/mol. The molecule has 0 aromatic carbocycles. The number of carboxylic acids is 3. The Labute approximate surface area is 367 Å². The SMILES string of the molecule is CCC(C)C(NC(=O)C(CCC(=O)O)NC(=O)C(CO)NC(=O)C(CO)NC(=O)C(NC(=O)C(CC(=O)O)NC(=O)C(NC(=O)C(C)N)C(C)C)C(C)O)C(=O)NC(C(=O)O)C(C)O. The monoisotopic (exact) mass is 921 g/mol. The molecule has 0 saturated heterocycles. The van der Waals surface area contributed by atoms with E-state index < -0.39 is 176 Å². The molecule has 0 aliphatic rings. The van der Waals surface area contributed by atoms with Gasteiger partial charge in [0.05, 0.1) is 37.9 Å². The van der Waals surface area contributed by atoms with Crippen molar-refractivity contribution < 1.29 is 88.5 Å². The van der Waals surface area contributed by atoms with E-state index in [1.54, 1.807) is 6.92 Å². The first kappa shape index (κ1) is 58.0. The topological polar surface area (TPSA) is 452 Å². The quantitative estimate of drug-likeness (QED) is 0.0331. The summed E-state index contributed by atoms with van der Waals surface area (Å²) in [4.78, 5) is 139. The number of hydrogen-bond acceptors (Lipinski definition) is 16. The van der Waals surface area contributed by atoms with Crippen LogP contribution in [-0.4, -0.2) is 181 Å². The molecule has 0 aromatic rings. The van der Waals surface area contributed by atoms with E-state index in [1.807, 2.05) is 16.0 Å². The molecular formula is C37H63N9O18. The largest absolute Gasteiger partial charge is 0.481 e. The van der Waals surface area contributed by atoms with Gasteiger partial charge in [-0.25, -0.2) is 4.79 Å². The molecule has 0 rings (SSSR count). The minimum atomic E-state index is -1.99. The summed E-state index contributed by atoms with van der Waals surface area (Å²) in [5, 5.41) is 85.4. The molecule has 364 valence electrons. The minimum Gasteiger partial charge on any atom is -0.481 e. The van der Waals surface area contributed by atoms with Crippen molar-refractivity contribution in [2.45, 2.75) is 141 Å². The maximum absolute atomic E-state index is 13.4. The standard InChI is InChI=1S/C37H63N9O18/c1-8-15(4)26(35(61)46-28(18(7)50)37(63)64)44-30(56)19(9-10-23(51)52)39-32(58)21(12-47)41-33(59)22(13-48)42-36(62)27(17(6)49)45-31(57)20(11-24(53)54)40-34(60)25(14(2)3)43-29(55)16(5)38/h14-22,25-28,47-50H,8-13,38H2,1-7H3,(H,39,58)(H,40,60)(H,41,59)(H,42,62)(H,43,55)(H,44,56)(H,45,57)(H,46,61)(H,51,52)(H,53,54)(H,63,64). The average Bonchev–Trinajstić information content (AvgIpc) is 3.20. The molecule has 0 aliphatic heterocycles. The fourth-order valence-corrected chi connectivity index (χ4v) is 5.44. The lowest BCUT2D eigenvalue weighted by atomic mass is 9.96. The lowest BCUT2D eigenvalue weighted by Gasteiger charge is -2.29. The van der Waals surface area contributed by atoms with Gasteiger partial charge in [-0.15, -0.1) is 0 Å². The summed E-state index contributed by atoms with van der Waals surface area (Å²) in [5.74, 6) is -15.2. The third-order valence-electron chi connectivity index (χ3n) is 9.49. The van der Waals surface area contributed by atoms with Gasteiger partial charge in [-0.2, -0.15) is 0 Å². The van der Waals surface area contributed by atoms with Crippen molar-refractivity contribution in [3.63, 3.8) is 0 Å². The van der Waals surface area contributed by atoms with Crippen LogP contribution in [0.5, 0.6) is 0 Å². The number of rotatable bonds is 29. The zero-order valence-corrected chi connectivity index (χ0v) is 36.4. The van der Waals surface area contributed by atoms with Gasteiger partial charge in [0.15, 0.2) is 6.04 Å². The van der Waals surface area contributed by atoms with Crippen molar-refractivity contribution in [2.75, 3.05) is 13.2 Å². The molecule has 0 fully saturated rings. The molecular weight excluding hydrogens is 858 g/mol. The van der Waals surface area contributed by atoms with Gasteiger partial charge >= 0.3 is 17.9 Å². The predicted octanol–water partition coefficient (Wildman–Crippen LogP) is -6.92. The van der Waals surface area contributed by atoms with E-state index >= 15 is 0 Å². The summed E-state index contributed by atoms with van der Waals surface area (Å²) < 4.78 is 0. The van der Waals surface area contributed by atoms with Gasteiger partial charge in [-0.1, -0.05) is 34.1 Å². The summed E-state index contributed by atoms with van der Waals surface area (Å²) in [5.41, 5.74) is 5.54. The van der Waals surface area contributed by atoms with Crippen molar-refractivity contribution in [3.05, 3.63) is 0 Å². The van der Waals surface area contributed by atoms with E-state index in [4.69, 9.17) is 5.73 Å². The van der Waals surface area contributed by atoms with E-state index in [0.717, 1.165) is 13.8 Å². The lowest BCUT2D eigenvalue weighted by molar-refractivity contribution is -0.145. The van der Waals surface area contributed by atoms with E-state index in [-0.39, 0.29) is 6.42 Å². The van der Waals surface area contributed by atoms with E-state index in [0.29, 0.717) is 0 Å². The van der Waals surface area contributed by atoms with Crippen LogP contribution in [0.3, 0.4) is 0 Å². The summed E-state index contributed by atoms with van der Waals surface area (Å²) in [6, 6.07) is -15.2. The Morgan fingerprint density at radius 1 is 0.469 bits per heavy atom. The molecule has 0 spiro atoms. The second-order valence-corrected chi connectivity index (χ2v) is 15.3. The molecule has 0 bridgehead atoms. The van der Waals surface area contributed by atoms with Crippen molar-refractivity contribution in [3.8, 4) is 0 Å². The van der Waals surface area contributed by atoms with E-state index in [2.05, 4.69) is 26.6 Å². The highest BCUT2D eigenvalue weighted by molar-refractivity contribution is 5.99. The van der Waals surface area contributed by atoms with Gasteiger partial charge in [0, 0.05) is 6.42 Å². The highest BCUT2D eigenvalue weighted by Crippen LogP contribution is 2.11. The zero-order chi connectivity index (χ0) is 49.8. The van der Waals surface area contributed by atoms with Gasteiger partial charge in [0.1, 0.15) is 42.3 Å². The fraction of sp³-hybridized carbons (Fsp3) is 0.703. The van der Waals surface area contributed by atoms with E-state index in [9.17, 15) is 88.5 Å². The summed E-state index contributed by atoms with van der Waals surface area (Å²) in [6.07, 6.45) is -5.49. The molecule has 27 heteroatoms. The lowest BCUT2D eigenvalue weighted by Crippen LogP contribution is -2.63. The number of aliphatic carboxylic acids is 3. The number of aliphatic hydroxyl groups excluding tert-OH is 4. The molecule has 0 radical (unpaired) electrons. The normalized spacial score (nSPS) is 16.8. The second kappa shape index (κ2) is 27.9. The Kier molecular flexibility index (Phi) is 25.3. The van der Waals surface area contributed by atoms with Crippen molar-refractivity contribution >= 4 is 65.2 Å². The van der Waals surface area contributed by atoms with Crippen molar-refractivity contribution in [2.24, 2.45) is 17.6 Å². The van der Waals surface area contributed by atoms with Gasteiger partial charge in [-0.05, 0) is 39.0 Å². The minimum absolute atomic E-state index is 0.238. The molecule has 0 aromatic heterocycles. The first-order valence-electron chi connectivity index (χ1n) is 20.1. The molecule has 8 amide bonds. The molecule has 64 heavy (non-hydrogen) atoms. The molecule has 0 saturated carbocycles. The number of carboxylic acid groups (broad SMARTS) is 3. The fourth-order valence-electron chi connectivity index (χ4n) is 5.44. The number of aliphatic hydroxyl groups is 4.